The molecule has 0 bridgehead atoms. The third kappa shape index (κ3) is 4.06. The summed E-state index contributed by atoms with van der Waals surface area (Å²) in [4.78, 5) is 30.6. The third-order valence-electron chi connectivity index (χ3n) is 5.60. The van der Waals surface area contributed by atoms with Gasteiger partial charge in [-0.2, -0.15) is 15.2 Å². The average molecular weight is 447 g/mol. The number of fused-ring (bicyclic) bond motifs is 1. The number of benzene rings is 3. The van der Waals surface area contributed by atoms with Crippen molar-refractivity contribution in [1.29, 1.82) is 0 Å². The zero-order valence-electron chi connectivity index (χ0n) is 18.4. The van der Waals surface area contributed by atoms with E-state index in [1.54, 1.807) is 13.0 Å². The van der Waals surface area contributed by atoms with Crippen molar-refractivity contribution in [3.8, 4) is 11.3 Å². The number of hydrogen-bond acceptors (Lipinski definition) is 5. The zero-order valence-corrected chi connectivity index (χ0v) is 18.4. The van der Waals surface area contributed by atoms with E-state index in [2.05, 4.69) is 15.6 Å². The minimum Gasteiger partial charge on any atom is -0.271 e. The number of rotatable bonds is 5. The Hall–Kier alpha value is -4.65. The Kier molecular flexibility index (Phi) is 5.66. The summed E-state index contributed by atoms with van der Waals surface area (Å²) in [6.45, 7) is 1.77. The number of carbonyl (C=O) groups is 2. The van der Waals surface area contributed by atoms with Gasteiger partial charge >= 0.3 is 0 Å². The maximum atomic E-state index is 13.1. The lowest BCUT2D eigenvalue weighted by Crippen LogP contribution is -2.29. The first kappa shape index (κ1) is 21.2. The van der Waals surface area contributed by atoms with Gasteiger partial charge in [0.1, 0.15) is 5.92 Å². The number of hydrazone groups is 2. The highest BCUT2D eigenvalue weighted by Crippen LogP contribution is 2.25. The molecular formula is C27H21N5O2. The topological polar surface area (TPSA) is 87.0 Å². The molecule has 7 heteroatoms. The number of hydrogen-bond donors (Lipinski definition) is 1. The van der Waals surface area contributed by atoms with Crippen molar-refractivity contribution in [2.75, 3.05) is 5.01 Å². The van der Waals surface area contributed by atoms with Crippen molar-refractivity contribution in [1.82, 2.24) is 10.4 Å². The standard InChI is InChI=1S/C27H21N5O2/c1-18-23(27(34)32(31-18)20-12-6-3-7-13-20)17-28-30-26(33)22-16-25(19-10-4-2-5-11-19)29-24-15-9-8-14-21(22)24/h2-17,23H,1H3,(H,30,33)/b28-17+/t23-/m1/s1. The van der Waals surface area contributed by atoms with Gasteiger partial charge in [-0.3, -0.25) is 9.59 Å². The monoisotopic (exact) mass is 447 g/mol. The molecule has 1 N–H and O–H groups in total. The molecule has 4 aromatic rings. The fourth-order valence-corrected chi connectivity index (χ4v) is 3.86. The summed E-state index contributed by atoms with van der Waals surface area (Å²) in [5, 5.41) is 10.5. The molecule has 3 aromatic carbocycles. The summed E-state index contributed by atoms with van der Waals surface area (Å²) in [6.07, 6.45) is 1.42. The summed E-state index contributed by atoms with van der Waals surface area (Å²) in [6, 6.07) is 28.1. The quantitative estimate of drug-likeness (QED) is 0.357. The minimum atomic E-state index is -0.644. The van der Waals surface area contributed by atoms with E-state index in [0.29, 0.717) is 28.2 Å². The van der Waals surface area contributed by atoms with E-state index in [-0.39, 0.29) is 11.8 Å². The highest BCUT2D eigenvalue weighted by molar-refractivity contribution is 6.23. The van der Waals surface area contributed by atoms with Crippen LogP contribution in [-0.2, 0) is 4.79 Å². The van der Waals surface area contributed by atoms with Gasteiger partial charge in [0.15, 0.2) is 0 Å². The first-order valence-electron chi connectivity index (χ1n) is 10.8. The molecule has 0 radical (unpaired) electrons. The van der Waals surface area contributed by atoms with Gasteiger partial charge in [-0.25, -0.2) is 10.4 Å². The molecule has 0 fully saturated rings. The molecule has 2 amide bonds. The molecule has 2 heterocycles. The number of aromatic nitrogens is 1. The van der Waals surface area contributed by atoms with Crippen LogP contribution in [0.25, 0.3) is 22.2 Å². The van der Waals surface area contributed by atoms with E-state index in [1.807, 2.05) is 84.9 Å². The molecule has 0 saturated carbocycles. The van der Waals surface area contributed by atoms with E-state index >= 15 is 0 Å². The van der Waals surface area contributed by atoms with E-state index in [0.717, 1.165) is 10.9 Å². The number of para-hydroxylation sites is 2. The average Bonchev–Trinajstić information content (AvgIpc) is 3.17. The second kappa shape index (κ2) is 9.07. The Morgan fingerprint density at radius 3 is 2.41 bits per heavy atom. The number of nitrogens with one attached hydrogen (secondary N) is 1. The molecule has 0 unspecified atom stereocenters. The first-order valence-corrected chi connectivity index (χ1v) is 10.8. The number of carbonyl (C=O) groups excluding carboxylic acids is 2. The van der Waals surface area contributed by atoms with Crippen LogP contribution in [-0.4, -0.2) is 28.7 Å². The first-order chi connectivity index (χ1) is 16.6. The van der Waals surface area contributed by atoms with Gasteiger partial charge in [-0.05, 0) is 31.2 Å². The van der Waals surface area contributed by atoms with Crippen LogP contribution in [0.15, 0.2) is 101 Å². The largest absolute Gasteiger partial charge is 0.272 e. The molecule has 0 saturated heterocycles. The molecule has 1 aromatic heterocycles. The van der Waals surface area contributed by atoms with Gasteiger partial charge in [0.25, 0.3) is 11.8 Å². The normalized spacial score (nSPS) is 15.7. The number of pyridine rings is 1. The van der Waals surface area contributed by atoms with Crippen LogP contribution in [0, 0.1) is 5.92 Å². The molecule has 34 heavy (non-hydrogen) atoms. The van der Waals surface area contributed by atoms with Crippen molar-refractivity contribution in [2.45, 2.75) is 6.92 Å². The van der Waals surface area contributed by atoms with E-state index in [4.69, 9.17) is 4.98 Å². The summed E-state index contributed by atoms with van der Waals surface area (Å²) >= 11 is 0. The van der Waals surface area contributed by atoms with Crippen LogP contribution >= 0.6 is 0 Å². The van der Waals surface area contributed by atoms with Crippen LogP contribution in [0.5, 0.6) is 0 Å². The van der Waals surface area contributed by atoms with Gasteiger partial charge in [0.2, 0.25) is 0 Å². The van der Waals surface area contributed by atoms with E-state index in [1.165, 1.54) is 11.2 Å². The van der Waals surface area contributed by atoms with Crippen LogP contribution < -0.4 is 10.4 Å². The van der Waals surface area contributed by atoms with Gasteiger partial charge < -0.3 is 0 Å². The smallest absolute Gasteiger partial charge is 0.271 e. The minimum absolute atomic E-state index is 0.220. The molecule has 7 nitrogen and oxygen atoms in total. The predicted molar refractivity (Wildman–Crippen MR) is 134 cm³/mol. The fourth-order valence-electron chi connectivity index (χ4n) is 3.86. The molecule has 1 atom stereocenters. The van der Waals surface area contributed by atoms with Crippen molar-refractivity contribution in [2.24, 2.45) is 16.1 Å². The van der Waals surface area contributed by atoms with E-state index in [9.17, 15) is 9.59 Å². The summed E-state index contributed by atoms with van der Waals surface area (Å²) in [5.41, 5.74) is 6.63. The lowest BCUT2D eigenvalue weighted by atomic mass is 10.0. The molecule has 0 aliphatic carbocycles. The number of nitrogens with zero attached hydrogens (tertiary/aromatic N) is 4. The predicted octanol–water partition coefficient (Wildman–Crippen LogP) is 4.66. The van der Waals surface area contributed by atoms with Crippen molar-refractivity contribution < 1.29 is 9.59 Å². The Labute approximate surface area is 196 Å². The van der Waals surface area contributed by atoms with Crippen molar-refractivity contribution in [3.05, 3.63) is 96.6 Å². The lowest BCUT2D eigenvalue weighted by molar-refractivity contribution is -0.118. The number of anilines is 1. The summed E-state index contributed by atoms with van der Waals surface area (Å²) in [5.74, 6) is -1.25. The Morgan fingerprint density at radius 2 is 1.65 bits per heavy atom. The highest BCUT2D eigenvalue weighted by Gasteiger charge is 2.33. The maximum Gasteiger partial charge on any atom is 0.272 e. The summed E-state index contributed by atoms with van der Waals surface area (Å²) < 4.78 is 0. The number of amides is 2. The third-order valence-corrected chi connectivity index (χ3v) is 5.60. The Morgan fingerprint density at radius 1 is 0.971 bits per heavy atom. The molecule has 1 aliphatic heterocycles. The maximum absolute atomic E-state index is 13.1. The van der Waals surface area contributed by atoms with Crippen molar-refractivity contribution in [3.63, 3.8) is 0 Å². The lowest BCUT2D eigenvalue weighted by Gasteiger charge is -2.12. The zero-order chi connectivity index (χ0) is 23.5. The Bertz CT molecular complexity index is 1430. The highest BCUT2D eigenvalue weighted by atomic mass is 16.2. The van der Waals surface area contributed by atoms with Crippen LogP contribution in [0.1, 0.15) is 17.3 Å². The molecule has 0 spiro atoms. The van der Waals surface area contributed by atoms with Crippen LogP contribution in [0.2, 0.25) is 0 Å². The summed E-state index contributed by atoms with van der Waals surface area (Å²) in [7, 11) is 0. The Balaban J connectivity index is 1.38. The van der Waals surface area contributed by atoms with Crippen LogP contribution in [0.4, 0.5) is 5.69 Å². The molecule has 1 aliphatic rings. The van der Waals surface area contributed by atoms with Crippen LogP contribution in [0.3, 0.4) is 0 Å². The second-order valence-corrected chi connectivity index (χ2v) is 7.86. The van der Waals surface area contributed by atoms with Crippen molar-refractivity contribution >= 4 is 40.3 Å². The van der Waals surface area contributed by atoms with E-state index < -0.39 is 5.92 Å². The fraction of sp³-hybridized carbons (Fsp3) is 0.0741. The van der Waals surface area contributed by atoms with Gasteiger partial charge in [-0.15, -0.1) is 0 Å². The molecule has 5 rings (SSSR count). The van der Waals surface area contributed by atoms with Gasteiger partial charge in [-0.1, -0.05) is 66.7 Å². The molecule has 166 valence electrons. The van der Waals surface area contributed by atoms with Gasteiger partial charge in [0, 0.05) is 17.2 Å². The molecular weight excluding hydrogens is 426 g/mol. The van der Waals surface area contributed by atoms with Gasteiger partial charge in [0.05, 0.1) is 28.2 Å². The SMILES string of the molecule is CC1=NN(c2ccccc2)C(=O)[C@@H]1/C=N/NC(=O)c1cc(-c2ccccc2)nc2ccccc12. The second-order valence-electron chi connectivity index (χ2n) is 7.86.